The number of amides is 2. The summed E-state index contributed by atoms with van der Waals surface area (Å²) in [5.74, 6) is -0.396. The molecule has 6 nitrogen and oxygen atoms in total. The standard InChI is InChI=1S/C19H23ClN2O4/c20-14-1-3-16(4-2-14)22-11-13(9-17(22)23)18(24)21-15-5-7-26-19(10-15)6-8-25-12-19/h1-4,13,15H,5-12H2,(H,21,24). The highest BCUT2D eigenvalue weighted by molar-refractivity contribution is 6.30. The molecular formula is C19H23ClN2O4. The molecule has 1 N–H and O–H groups in total. The zero-order chi connectivity index (χ0) is 18.1. The molecule has 4 rings (SSSR count). The molecule has 3 aliphatic heterocycles. The highest BCUT2D eigenvalue weighted by atomic mass is 35.5. The molecule has 26 heavy (non-hydrogen) atoms. The van der Waals surface area contributed by atoms with Gasteiger partial charge in [-0.15, -0.1) is 0 Å². The summed E-state index contributed by atoms with van der Waals surface area (Å²) in [7, 11) is 0. The van der Waals surface area contributed by atoms with E-state index in [9.17, 15) is 9.59 Å². The number of carbonyl (C=O) groups excluding carboxylic acids is 2. The summed E-state index contributed by atoms with van der Waals surface area (Å²) in [4.78, 5) is 26.7. The average Bonchev–Trinajstić information content (AvgIpc) is 3.23. The second kappa shape index (κ2) is 7.18. The van der Waals surface area contributed by atoms with E-state index >= 15 is 0 Å². The van der Waals surface area contributed by atoms with Gasteiger partial charge in [-0.3, -0.25) is 9.59 Å². The summed E-state index contributed by atoms with van der Waals surface area (Å²) in [6.07, 6.45) is 2.70. The van der Waals surface area contributed by atoms with Gasteiger partial charge in [0.1, 0.15) is 0 Å². The fourth-order valence-corrected chi connectivity index (χ4v) is 4.21. The Kier molecular flexibility index (Phi) is 4.90. The van der Waals surface area contributed by atoms with Gasteiger partial charge in [0.15, 0.2) is 0 Å². The first-order chi connectivity index (χ1) is 12.5. The predicted molar refractivity (Wildman–Crippen MR) is 97.2 cm³/mol. The maximum absolute atomic E-state index is 12.7. The fourth-order valence-electron chi connectivity index (χ4n) is 4.09. The molecule has 0 aromatic heterocycles. The Bertz CT molecular complexity index is 687. The van der Waals surface area contributed by atoms with Gasteiger partial charge in [-0.2, -0.15) is 0 Å². The Labute approximate surface area is 157 Å². The van der Waals surface area contributed by atoms with Crippen LogP contribution in [0.2, 0.25) is 5.02 Å². The molecule has 0 bridgehead atoms. The van der Waals surface area contributed by atoms with E-state index in [1.807, 2.05) is 12.1 Å². The first-order valence-corrected chi connectivity index (χ1v) is 9.50. The van der Waals surface area contributed by atoms with Crippen molar-refractivity contribution in [1.82, 2.24) is 5.32 Å². The molecule has 0 radical (unpaired) electrons. The molecule has 3 atom stereocenters. The van der Waals surface area contributed by atoms with Crippen molar-refractivity contribution in [2.24, 2.45) is 5.92 Å². The van der Waals surface area contributed by atoms with Crippen LogP contribution in [0.5, 0.6) is 0 Å². The van der Waals surface area contributed by atoms with Crippen molar-refractivity contribution in [3.63, 3.8) is 0 Å². The van der Waals surface area contributed by atoms with Gasteiger partial charge in [0.2, 0.25) is 11.8 Å². The van der Waals surface area contributed by atoms with Crippen LogP contribution in [0.3, 0.4) is 0 Å². The van der Waals surface area contributed by atoms with Gasteiger partial charge in [-0.25, -0.2) is 0 Å². The summed E-state index contributed by atoms with van der Waals surface area (Å²) >= 11 is 5.91. The largest absolute Gasteiger partial charge is 0.378 e. The molecule has 3 unspecified atom stereocenters. The molecule has 1 spiro atoms. The molecule has 3 aliphatic rings. The molecule has 1 aromatic carbocycles. The number of benzene rings is 1. The quantitative estimate of drug-likeness (QED) is 0.875. The normalized spacial score (nSPS) is 31.6. The highest BCUT2D eigenvalue weighted by Gasteiger charge is 2.42. The summed E-state index contributed by atoms with van der Waals surface area (Å²) in [5, 5.41) is 3.76. The summed E-state index contributed by atoms with van der Waals surface area (Å²) in [5.41, 5.74) is 0.541. The van der Waals surface area contributed by atoms with Crippen molar-refractivity contribution in [3.8, 4) is 0 Å². The van der Waals surface area contributed by atoms with Crippen molar-refractivity contribution >= 4 is 29.1 Å². The van der Waals surface area contributed by atoms with Gasteiger partial charge in [0, 0.05) is 49.4 Å². The third-order valence-electron chi connectivity index (χ3n) is 5.54. The number of rotatable bonds is 3. The topological polar surface area (TPSA) is 67.9 Å². The van der Waals surface area contributed by atoms with Crippen LogP contribution in [0.4, 0.5) is 5.69 Å². The number of nitrogens with zero attached hydrogens (tertiary/aromatic N) is 1. The van der Waals surface area contributed by atoms with E-state index in [1.165, 1.54) is 0 Å². The van der Waals surface area contributed by atoms with E-state index in [0.717, 1.165) is 24.9 Å². The second-order valence-corrected chi connectivity index (χ2v) is 7.85. The molecule has 3 heterocycles. The number of nitrogens with one attached hydrogen (secondary N) is 1. The monoisotopic (exact) mass is 378 g/mol. The van der Waals surface area contributed by atoms with E-state index in [1.54, 1.807) is 17.0 Å². The Morgan fingerprint density at radius 2 is 2.08 bits per heavy atom. The summed E-state index contributed by atoms with van der Waals surface area (Å²) in [6, 6.07) is 7.20. The van der Waals surface area contributed by atoms with Crippen LogP contribution < -0.4 is 10.2 Å². The van der Waals surface area contributed by atoms with E-state index < -0.39 is 0 Å². The van der Waals surface area contributed by atoms with Crippen LogP contribution in [0.25, 0.3) is 0 Å². The van der Waals surface area contributed by atoms with Gasteiger partial charge in [0.05, 0.1) is 18.1 Å². The third kappa shape index (κ3) is 3.59. The third-order valence-corrected chi connectivity index (χ3v) is 5.79. The van der Waals surface area contributed by atoms with Crippen molar-refractivity contribution in [2.75, 3.05) is 31.3 Å². The van der Waals surface area contributed by atoms with Gasteiger partial charge in [-0.1, -0.05) is 11.6 Å². The van der Waals surface area contributed by atoms with E-state index in [4.69, 9.17) is 21.1 Å². The minimum absolute atomic E-state index is 0.0277. The first kappa shape index (κ1) is 17.8. The predicted octanol–water partition coefficient (Wildman–Crippen LogP) is 2.15. The number of halogens is 1. The van der Waals surface area contributed by atoms with Gasteiger partial charge in [0.25, 0.3) is 0 Å². The number of anilines is 1. The lowest BCUT2D eigenvalue weighted by Crippen LogP contribution is -2.50. The van der Waals surface area contributed by atoms with Crippen LogP contribution in [-0.2, 0) is 19.1 Å². The first-order valence-electron chi connectivity index (χ1n) is 9.13. The van der Waals surface area contributed by atoms with Gasteiger partial charge < -0.3 is 19.7 Å². The van der Waals surface area contributed by atoms with Crippen molar-refractivity contribution in [3.05, 3.63) is 29.3 Å². The Balaban J connectivity index is 1.36. The Morgan fingerprint density at radius 3 is 2.81 bits per heavy atom. The van der Waals surface area contributed by atoms with E-state index in [-0.39, 0.29) is 35.8 Å². The van der Waals surface area contributed by atoms with Crippen LogP contribution in [-0.4, -0.2) is 49.8 Å². The van der Waals surface area contributed by atoms with Crippen molar-refractivity contribution < 1.29 is 19.1 Å². The minimum Gasteiger partial charge on any atom is -0.378 e. The zero-order valence-electron chi connectivity index (χ0n) is 14.6. The lowest BCUT2D eigenvalue weighted by Gasteiger charge is -2.37. The smallest absolute Gasteiger partial charge is 0.227 e. The van der Waals surface area contributed by atoms with Crippen molar-refractivity contribution in [2.45, 2.75) is 37.3 Å². The maximum atomic E-state index is 12.7. The summed E-state index contributed by atoms with van der Waals surface area (Å²) in [6.45, 7) is 2.36. The lowest BCUT2D eigenvalue weighted by molar-refractivity contribution is -0.130. The minimum atomic E-state index is -0.322. The average molecular weight is 379 g/mol. The zero-order valence-corrected chi connectivity index (χ0v) is 15.3. The molecule has 2 amide bonds. The molecule has 3 saturated heterocycles. The van der Waals surface area contributed by atoms with E-state index in [2.05, 4.69) is 5.32 Å². The Hall–Kier alpha value is -1.63. The lowest BCUT2D eigenvalue weighted by atomic mass is 9.89. The van der Waals surface area contributed by atoms with Gasteiger partial charge >= 0.3 is 0 Å². The van der Waals surface area contributed by atoms with Crippen LogP contribution >= 0.6 is 11.6 Å². The SMILES string of the molecule is O=C(NC1CCOC2(CCOC2)C1)C1CC(=O)N(c2ccc(Cl)cc2)C1. The highest BCUT2D eigenvalue weighted by Crippen LogP contribution is 2.33. The second-order valence-electron chi connectivity index (χ2n) is 7.41. The number of hydrogen-bond donors (Lipinski definition) is 1. The number of carbonyl (C=O) groups is 2. The summed E-state index contributed by atoms with van der Waals surface area (Å²) < 4.78 is 11.4. The van der Waals surface area contributed by atoms with Crippen LogP contribution in [0, 0.1) is 5.92 Å². The molecule has 1 aromatic rings. The number of ether oxygens (including phenoxy) is 2. The molecule has 0 aliphatic carbocycles. The molecular weight excluding hydrogens is 356 g/mol. The number of hydrogen-bond acceptors (Lipinski definition) is 4. The molecule has 0 saturated carbocycles. The van der Waals surface area contributed by atoms with Gasteiger partial charge in [-0.05, 0) is 37.1 Å². The van der Waals surface area contributed by atoms with Crippen LogP contribution in [0.15, 0.2) is 24.3 Å². The maximum Gasteiger partial charge on any atom is 0.227 e. The van der Waals surface area contributed by atoms with Crippen molar-refractivity contribution in [1.29, 1.82) is 0 Å². The molecule has 7 heteroatoms. The van der Waals surface area contributed by atoms with E-state index in [0.29, 0.717) is 31.4 Å². The fraction of sp³-hybridized carbons (Fsp3) is 0.579. The van der Waals surface area contributed by atoms with Crippen LogP contribution in [0.1, 0.15) is 25.7 Å². The molecule has 3 fully saturated rings. The molecule has 140 valence electrons. The Morgan fingerprint density at radius 1 is 1.27 bits per heavy atom.